The number of hydrogen-bond acceptors (Lipinski definition) is 3. The molecule has 0 atom stereocenters. The lowest BCUT2D eigenvalue weighted by Crippen LogP contribution is -2.44. The Labute approximate surface area is 103 Å². The van der Waals surface area contributed by atoms with E-state index in [4.69, 9.17) is 5.11 Å². The average Bonchev–Trinajstić information content (AvgIpc) is 2.08. The van der Waals surface area contributed by atoms with E-state index in [9.17, 15) is 4.79 Å². The van der Waals surface area contributed by atoms with Gasteiger partial charge in [0, 0.05) is 38.8 Å². The third kappa shape index (κ3) is 7.62. The summed E-state index contributed by atoms with van der Waals surface area (Å²) in [5.41, 5.74) is 0. The number of likely N-dealkylation sites (N-methyl/N-ethyl adjacent to an activating group) is 1. The zero-order chi connectivity index (χ0) is 9.68. The first-order valence-corrected chi connectivity index (χ1v) is 4.49. The number of nitrogens with zero attached hydrogens (tertiary/aromatic N) is 2. The molecule has 0 amide bonds. The number of rotatable bonds is 3. The highest BCUT2D eigenvalue weighted by Crippen LogP contribution is 1.98. The molecule has 0 aromatic rings. The lowest BCUT2D eigenvalue weighted by Gasteiger charge is -2.31. The van der Waals surface area contributed by atoms with Gasteiger partial charge in [0.1, 0.15) is 0 Å². The van der Waals surface area contributed by atoms with Crippen LogP contribution >= 0.6 is 24.8 Å². The monoisotopic (exact) mass is 256 g/mol. The Balaban J connectivity index is 0. The number of carboxylic acid groups (broad SMARTS) is 1. The molecule has 90 valence electrons. The molecule has 1 saturated heterocycles. The predicted octanol–water partition coefficient (Wildman–Crippen LogP) is 0.718. The molecule has 1 heterocycles. The van der Waals surface area contributed by atoms with Crippen LogP contribution in [-0.2, 0) is 4.79 Å². The zero-order valence-electron chi connectivity index (χ0n) is 8.76. The van der Waals surface area contributed by atoms with Gasteiger partial charge in [-0.05, 0) is 7.05 Å². The van der Waals surface area contributed by atoms with Crippen molar-refractivity contribution in [2.45, 2.75) is 0 Å². The summed E-state index contributed by atoms with van der Waals surface area (Å²) in [5, 5.41) is 8.37. The van der Waals surface area contributed by atoms with E-state index in [1.54, 1.807) is 6.08 Å². The zero-order valence-corrected chi connectivity index (χ0v) is 10.4. The number of carboxylic acids is 1. The van der Waals surface area contributed by atoms with Gasteiger partial charge in [-0.1, -0.05) is 6.08 Å². The van der Waals surface area contributed by atoms with Gasteiger partial charge in [-0.2, -0.15) is 0 Å². The van der Waals surface area contributed by atoms with Crippen molar-refractivity contribution in [1.82, 2.24) is 9.80 Å². The SMILES string of the molecule is CN1CCN(C/C=C/C(=O)O)CC1.Cl.Cl. The Morgan fingerprint density at radius 1 is 1.27 bits per heavy atom. The summed E-state index contributed by atoms with van der Waals surface area (Å²) in [5.74, 6) is -0.867. The van der Waals surface area contributed by atoms with E-state index in [0.717, 1.165) is 32.7 Å². The molecule has 1 fully saturated rings. The standard InChI is InChI=1S/C9H16N2O2.2ClH/c1-10-5-7-11(8-6-10)4-2-3-9(12)13;;/h2-3H,4-8H2,1H3,(H,12,13);2*1H/b3-2+;;. The molecule has 4 nitrogen and oxygen atoms in total. The molecule has 0 aromatic heterocycles. The van der Waals surface area contributed by atoms with Gasteiger partial charge in [-0.25, -0.2) is 4.79 Å². The third-order valence-electron chi connectivity index (χ3n) is 2.22. The van der Waals surface area contributed by atoms with Crippen molar-refractivity contribution in [1.29, 1.82) is 0 Å². The first-order chi connectivity index (χ1) is 6.18. The highest BCUT2D eigenvalue weighted by molar-refractivity contribution is 5.85. The maximum Gasteiger partial charge on any atom is 0.328 e. The van der Waals surface area contributed by atoms with E-state index in [0.29, 0.717) is 0 Å². The highest BCUT2D eigenvalue weighted by atomic mass is 35.5. The van der Waals surface area contributed by atoms with Crippen molar-refractivity contribution in [3.8, 4) is 0 Å². The smallest absolute Gasteiger partial charge is 0.328 e. The van der Waals surface area contributed by atoms with Gasteiger partial charge in [0.2, 0.25) is 0 Å². The first-order valence-electron chi connectivity index (χ1n) is 4.49. The summed E-state index contributed by atoms with van der Waals surface area (Å²) in [4.78, 5) is 14.7. The Morgan fingerprint density at radius 3 is 2.27 bits per heavy atom. The highest BCUT2D eigenvalue weighted by Gasteiger charge is 2.11. The van der Waals surface area contributed by atoms with Gasteiger partial charge in [-0.3, -0.25) is 4.90 Å². The molecule has 0 saturated carbocycles. The number of carbonyl (C=O) groups is 1. The summed E-state index contributed by atoms with van der Waals surface area (Å²) < 4.78 is 0. The predicted molar refractivity (Wildman–Crippen MR) is 65.2 cm³/mol. The molecule has 1 rings (SSSR count). The van der Waals surface area contributed by atoms with Crippen molar-refractivity contribution >= 4 is 30.8 Å². The molecule has 0 radical (unpaired) electrons. The minimum absolute atomic E-state index is 0. The maximum absolute atomic E-state index is 10.2. The van der Waals surface area contributed by atoms with Crippen LogP contribution in [0.25, 0.3) is 0 Å². The van der Waals surface area contributed by atoms with Gasteiger partial charge in [0.15, 0.2) is 0 Å². The van der Waals surface area contributed by atoms with Crippen LogP contribution in [0.1, 0.15) is 0 Å². The van der Waals surface area contributed by atoms with Crippen molar-refractivity contribution < 1.29 is 9.90 Å². The van der Waals surface area contributed by atoms with Gasteiger partial charge in [-0.15, -0.1) is 24.8 Å². The number of halogens is 2. The molecule has 15 heavy (non-hydrogen) atoms. The number of hydrogen-bond donors (Lipinski definition) is 1. The quantitative estimate of drug-likeness (QED) is 0.756. The van der Waals surface area contributed by atoms with E-state index in [1.165, 1.54) is 6.08 Å². The largest absolute Gasteiger partial charge is 0.478 e. The molecular formula is C9H18Cl2N2O2. The normalized spacial score (nSPS) is 18.2. The molecule has 0 unspecified atom stereocenters. The molecule has 1 aliphatic rings. The second kappa shape index (κ2) is 8.97. The van der Waals surface area contributed by atoms with E-state index in [-0.39, 0.29) is 24.8 Å². The molecule has 1 N–H and O–H groups in total. The molecule has 0 aromatic carbocycles. The van der Waals surface area contributed by atoms with Gasteiger partial charge >= 0.3 is 5.97 Å². The van der Waals surface area contributed by atoms with Gasteiger partial charge in [0.05, 0.1) is 0 Å². The van der Waals surface area contributed by atoms with Crippen LogP contribution in [-0.4, -0.2) is 60.6 Å². The summed E-state index contributed by atoms with van der Waals surface area (Å²) >= 11 is 0. The fourth-order valence-corrected chi connectivity index (χ4v) is 1.33. The molecule has 0 bridgehead atoms. The van der Waals surface area contributed by atoms with Crippen molar-refractivity contribution in [3.05, 3.63) is 12.2 Å². The van der Waals surface area contributed by atoms with Crippen molar-refractivity contribution in [2.24, 2.45) is 0 Å². The Hall–Kier alpha value is -0.290. The summed E-state index contributed by atoms with van der Waals surface area (Å²) in [6.07, 6.45) is 2.91. The van der Waals surface area contributed by atoms with Crippen LogP contribution in [0.3, 0.4) is 0 Å². The Bertz CT molecular complexity index is 204. The molecule has 0 spiro atoms. The Morgan fingerprint density at radius 2 is 1.80 bits per heavy atom. The first kappa shape index (κ1) is 17.1. The summed E-state index contributed by atoms with van der Waals surface area (Å²) in [6.45, 7) is 4.95. The maximum atomic E-state index is 10.2. The molecule has 6 heteroatoms. The van der Waals surface area contributed by atoms with Crippen LogP contribution in [0, 0.1) is 0 Å². The van der Waals surface area contributed by atoms with Crippen LogP contribution in [0.15, 0.2) is 12.2 Å². The summed E-state index contributed by atoms with van der Waals surface area (Å²) in [7, 11) is 2.10. The van der Waals surface area contributed by atoms with E-state index in [2.05, 4.69) is 16.8 Å². The third-order valence-corrected chi connectivity index (χ3v) is 2.22. The number of aliphatic carboxylic acids is 1. The van der Waals surface area contributed by atoms with Crippen molar-refractivity contribution in [2.75, 3.05) is 39.8 Å². The van der Waals surface area contributed by atoms with Crippen LogP contribution in [0.5, 0.6) is 0 Å². The van der Waals surface area contributed by atoms with Gasteiger partial charge < -0.3 is 10.0 Å². The second-order valence-electron chi connectivity index (χ2n) is 3.34. The Kier molecular flexibility index (Phi) is 10.2. The minimum Gasteiger partial charge on any atom is -0.478 e. The molecule has 0 aliphatic carbocycles. The minimum atomic E-state index is -0.867. The van der Waals surface area contributed by atoms with E-state index < -0.39 is 5.97 Å². The summed E-state index contributed by atoms with van der Waals surface area (Å²) in [6, 6.07) is 0. The van der Waals surface area contributed by atoms with E-state index in [1.807, 2.05) is 0 Å². The average molecular weight is 257 g/mol. The fraction of sp³-hybridized carbons (Fsp3) is 0.667. The van der Waals surface area contributed by atoms with Crippen LogP contribution in [0.2, 0.25) is 0 Å². The molecule has 1 aliphatic heterocycles. The van der Waals surface area contributed by atoms with E-state index >= 15 is 0 Å². The molecular weight excluding hydrogens is 239 g/mol. The van der Waals surface area contributed by atoms with Crippen LogP contribution in [0.4, 0.5) is 0 Å². The lowest BCUT2D eigenvalue weighted by atomic mass is 10.3. The fourth-order valence-electron chi connectivity index (χ4n) is 1.33. The lowest BCUT2D eigenvalue weighted by molar-refractivity contribution is -0.131. The van der Waals surface area contributed by atoms with Crippen LogP contribution < -0.4 is 0 Å². The van der Waals surface area contributed by atoms with Crippen molar-refractivity contribution in [3.63, 3.8) is 0 Å². The number of piperazine rings is 1. The topological polar surface area (TPSA) is 43.8 Å². The van der Waals surface area contributed by atoms with Gasteiger partial charge in [0.25, 0.3) is 0 Å². The second-order valence-corrected chi connectivity index (χ2v) is 3.34.